The fourth-order valence-electron chi connectivity index (χ4n) is 4.12. The third-order valence-electron chi connectivity index (χ3n) is 5.80. The summed E-state index contributed by atoms with van der Waals surface area (Å²) in [7, 11) is 1.81. The molecule has 0 spiro atoms. The van der Waals surface area contributed by atoms with E-state index in [9.17, 15) is 14.4 Å². The molecule has 5 rings (SSSR count). The third kappa shape index (κ3) is 3.97. The van der Waals surface area contributed by atoms with Crippen LogP contribution >= 0.6 is 0 Å². The number of fused-ring (bicyclic) bond motifs is 1. The number of rotatable bonds is 5. The number of nitrogens with one attached hydrogen (secondary N) is 1. The van der Waals surface area contributed by atoms with Gasteiger partial charge in [-0.2, -0.15) is 10.4 Å². The molecule has 168 valence electrons. The van der Waals surface area contributed by atoms with Crippen LogP contribution in [0.25, 0.3) is 11.3 Å². The first-order valence-corrected chi connectivity index (χ1v) is 10.7. The standard InChI is InChI=1S/C25H20FN7O/c1-32-22(7-10-29-32)31-25-28-9-6-21(30-25)18-12-17-8-11-33(24(17)19(13-18)15-27)23(34)14-16-4-2-3-5-20(16)26/h2-7,9-10,12-13H,8,11,14H2,1H3,(H,28,30,31). The maximum absolute atomic E-state index is 14.0. The van der Waals surface area contributed by atoms with E-state index in [4.69, 9.17) is 0 Å². The van der Waals surface area contributed by atoms with Crippen LogP contribution in [-0.4, -0.2) is 32.2 Å². The second-order valence-electron chi connectivity index (χ2n) is 7.94. The normalized spacial score (nSPS) is 12.3. The predicted molar refractivity (Wildman–Crippen MR) is 125 cm³/mol. The van der Waals surface area contributed by atoms with Gasteiger partial charge in [-0.25, -0.2) is 14.4 Å². The lowest BCUT2D eigenvalue weighted by Crippen LogP contribution is -2.31. The summed E-state index contributed by atoms with van der Waals surface area (Å²) in [5.41, 5.74) is 3.60. The van der Waals surface area contributed by atoms with Crippen LogP contribution in [0.1, 0.15) is 16.7 Å². The Bertz CT molecular complexity index is 1440. The van der Waals surface area contributed by atoms with Gasteiger partial charge in [0.25, 0.3) is 0 Å². The zero-order chi connectivity index (χ0) is 23.7. The highest BCUT2D eigenvalue weighted by molar-refractivity contribution is 5.98. The molecule has 0 aliphatic carbocycles. The molecule has 34 heavy (non-hydrogen) atoms. The number of halogens is 1. The van der Waals surface area contributed by atoms with Crippen molar-refractivity contribution in [1.29, 1.82) is 5.26 Å². The first-order valence-electron chi connectivity index (χ1n) is 10.7. The van der Waals surface area contributed by atoms with E-state index in [1.54, 1.807) is 52.3 Å². The molecule has 3 heterocycles. The summed E-state index contributed by atoms with van der Waals surface area (Å²) in [6.45, 7) is 0.442. The lowest BCUT2D eigenvalue weighted by atomic mass is 10.0. The first-order chi connectivity index (χ1) is 16.5. The Morgan fingerprint density at radius 3 is 2.82 bits per heavy atom. The highest BCUT2D eigenvalue weighted by atomic mass is 19.1. The molecule has 0 saturated carbocycles. The maximum Gasteiger partial charge on any atom is 0.231 e. The minimum atomic E-state index is -0.412. The number of anilines is 3. The second kappa shape index (κ2) is 8.75. The van der Waals surface area contributed by atoms with E-state index in [0.717, 1.165) is 16.9 Å². The average molecular weight is 453 g/mol. The van der Waals surface area contributed by atoms with Crippen molar-refractivity contribution in [3.63, 3.8) is 0 Å². The van der Waals surface area contributed by atoms with E-state index in [2.05, 4.69) is 26.5 Å². The summed E-state index contributed by atoms with van der Waals surface area (Å²) in [4.78, 5) is 23.4. The Hall–Kier alpha value is -4.58. The van der Waals surface area contributed by atoms with Crippen LogP contribution in [0, 0.1) is 17.1 Å². The lowest BCUT2D eigenvalue weighted by molar-refractivity contribution is -0.117. The largest absolute Gasteiger partial charge is 0.310 e. The molecule has 4 aromatic rings. The predicted octanol–water partition coefficient (Wildman–Crippen LogP) is 3.76. The SMILES string of the molecule is Cn1nccc1Nc1nccc(-c2cc(C#N)c3c(c2)CCN3C(=O)Cc2ccccc2F)n1. The molecule has 9 heteroatoms. The molecule has 1 aliphatic heterocycles. The van der Waals surface area contributed by atoms with Crippen molar-refractivity contribution in [3.8, 4) is 17.3 Å². The zero-order valence-electron chi connectivity index (χ0n) is 18.4. The van der Waals surface area contributed by atoms with Crippen LogP contribution in [0.4, 0.5) is 21.8 Å². The third-order valence-corrected chi connectivity index (χ3v) is 5.80. The maximum atomic E-state index is 14.0. The van der Waals surface area contributed by atoms with Gasteiger partial charge in [0.1, 0.15) is 17.7 Å². The fraction of sp³-hybridized carbons (Fsp3) is 0.160. The molecule has 0 bridgehead atoms. The molecule has 1 N–H and O–H groups in total. The molecular weight excluding hydrogens is 433 g/mol. The number of nitrogens with zero attached hydrogens (tertiary/aromatic N) is 6. The van der Waals surface area contributed by atoms with Crippen LogP contribution in [0.15, 0.2) is 60.9 Å². The second-order valence-corrected chi connectivity index (χ2v) is 7.94. The number of aryl methyl sites for hydroxylation is 1. The summed E-state index contributed by atoms with van der Waals surface area (Å²) < 4.78 is 15.7. The van der Waals surface area contributed by atoms with Gasteiger partial charge >= 0.3 is 0 Å². The molecular formula is C25H20FN7O. The van der Waals surface area contributed by atoms with Gasteiger partial charge in [-0.3, -0.25) is 9.48 Å². The number of benzene rings is 2. The van der Waals surface area contributed by atoms with Crippen LogP contribution in [0.3, 0.4) is 0 Å². The molecule has 0 atom stereocenters. The molecule has 2 aromatic carbocycles. The molecule has 0 fully saturated rings. The summed E-state index contributed by atoms with van der Waals surface area (Å²) in [6, 6.07) is 15.7. The number of aromatic nitrogens is 4. The van der Waals surface area contributed by atoms with Crippen molar-refractivity contribution >= 4 is 23.4 Å². The van der Waals surface area contributed by atoms with Gasteiger partial charge in [0, 0.05) is 31.4 Å². The highest BCUT2D eigenvalue weighted by Crippen LogP contribution is 2.36. The minimum Gasteiger partial charge on any atom is -0.310 e. The number of hydrogen-bond acceptors (Lipinski definition) is 6. The Balaban J connectivity index is 1.44. The van der Waals surface area contributed by atoms with E-state index < -0.39 is 5.82 Å². The van der Waals surface area contributed by atoms with Crippen molar-refractivity contribution in [2.24, 2.45) is 7.05 Å². The Kier molecular flexibility index (Phi) is 5.47. The van der Waals surface area contributed by atoms with Crippen LogP contribution in [-0.2, 0) is 24.7 Å². The van der Waals surface area contributed by atoms with Crippen molar-refractivity contribution < 1.29 is 9.18 Å². The monoisotopic (exact) mass is 453 g/mol. The fourth-order valence-corrected chi connectivity index (χ4v) is 4.12. The van der Waals surface area contributed by atoms with Crippen LogP contribution < -0.4 is 10.2 Å². The van der Waals surface area contributed by atoms with Crippen molar-refractivity contribution in [3.05, 3.63) is 83.4 Å². The Labute approximate surface area is 195 Å². The van der Waals surface area contributed by atoms with Gasteiger partial charge in [-0.1, -0.05) is 18.2 Å². The van der Waals surface area contributed by atoms with Crippen molar-refractivity contribution in [2.75, 3.05) is 16.8 Å². The summed E-state index contributed by atoms with van der Waals surface area (Å²) >= 11 is 0. The Morgan fingerprint density at radius 2 is 2.06 bits per heavy atom. The molecule has 8 nitrogen and oxygen atoms in total. The Morgan fingerprint density at radius 1 is 1.21 bits per heavy atom. The lowest BCUT2D eigenvalue weighted by Gasteiger charge is -2.19. The van der Waals surface area contributed by atoms with Gasteiger partial charge in [-0.15, -0.1) is 0 Å². The molecule has 0 unspecified atom stereocenters. The van der Waals surface area contributed by atoms with Gasteiger partial charge in [0.05, 0.1) is 29.6 Å². The molecule has 2 aromatic heterocycles. The van der Waals surface area contributed by atoms with Gasteiger partial charge < -0.3 is 10.2 Å². The number of carbonyl (C=O) groups is 1. The molecule has 1 aliphatic rings. The zero-order valence-corrected chi connectivity index (χ0v) is 18.4. The van der Waals surface area contributed by atoms with E-state index in [-0.39, 0.29) is 12.3 Å². The molecule has 0 radical (unpaired) electrons. The van der Waals surface area contributed by atoms with E-state index in [0.29, 0.717) is 41.4 Å². The number of hydrogen-bond donors (Lipinski definition) is 1. The van der Waals surface area contributed by atoms with E-state index in [1.165, 1.54) is 6.07 Å². The first kappa shape index (κ1) is 21.3. The number of nitriles is 1. The van der Waals surface area contributed by atoms with Crippen molar-refractivity contribution in [1.82, 2.24) is 19.7 Å². The van der Waals surface area contributed by atoms with Crippen LogP contribution in [0.5, 0.6) is 0 Å². The number of carbonyl (C=O) groups excluding carboxylic acids is 1. The van der Waals surface area contributed by atoms with Gasteiger partial charge in [0.15, 0.2) is 0 Å². The summed E-state index contributed by atoms with van der Waals surface area (Å²) in [5.74, 6) is 0.498. The molecule has 1 amide bonds. The topological polar surface area (TPSA) is 99.7 Å². The van der Waals surface area contributed by atoms with E-state index in [1.807, 2.05) is 19.2 Å². The van der Waals surface area contributed by atoms with Gasteiger partial charge in [-0.05, 0) is 41.8 Å². The van der Waals surface area contributed by atoms with Crippen LogP contribution in [0.2, 0.25) is 0 Å². The quantitative estimate of drug-likeness (QED) is 0.494. The highest BCUT2D eigenvalue weighted by Gasteiger charge is 2.29. The van der Waals surface area contributed by atoms with E-state index >= 15 is 0 Å². The summed E-state index contributed by atoms with van der Waals surface area (Å²) in [5, 5.41) is 17.1. The molecule has 0 saturated heterocycles. The van der Waals surface area contributed by atoms with Crippen molar-refractivity contribution in [2.45, 2.75) is 12.8 Å². The summed E-state index contributed by atoms with van der Waals surface area (Å²) in [6.07, 6.45) is 3.86. The number of amides is 1. The minimum absolute atomic E-state index is 0.0618. The van der Waals surface area contributed by atoms with Gasteiger partial charge in [0.2, 0.25) is 11.9 Å². The smallest absolute Gasteiger partial charge is 0.231 e. The average Bonchev–Trinajstić information content (AvgIpc) is 3.46.